The van der Waals surface area contributed by atoms with Crippen molar-refractivity contribution in [2.45, 2.75) is 0 Å². The Kier molecular flexibility index (Phi) is 5.36. The van der Waals surface area contributed by atoms with Crippen molar-refractivity contribution in [1.82, 2.24) is 5.43 Å². The molecule has 2 aromatic carbocycles. The van der Waals surface area contributed by atoms with E-state index in [0.717, 1.165) is 5.69 Å². The van der Waals surface area contributed by atoms with Crippen molar-refractivity contribution < 1.29 is 23.9 Å². The third-order valence-electron chi connectivity index (χ3n) is 3.65. The number of ether oxygens (including phenoxy) is 3. The van der Waals surface area contributed by atoms with Crippen LogP contribution >= 0.6 is 0 Å². The molecule has 1 amide bonds. The van der Waals surface area contributed by atoms with Gasteiger partial charge in [-0.05, 0) is 30.3 Å². The zero-order chi connectivity index (χ0) is 19.2. The molecule has 1 aliphatic rings. The molecule has 1 heterocycles. The maximum atomic E-state index is 11.8. The molecule has 0 aromatic heterocycles. The van der Waals surface area contributed by atoms with Crippen LogP contribution in [0.25, 0.3) is 0 Å². The highest BCUT2D eigenvalue weighted by atomic mass is 16.7. The lowest BCUT2D eigenvalue weighted by molar-refractivity contribution is -0.385. The van der Waals surface area contributed by atoms with E-state index in [4.69, 9.17) is 14.2 Å². The fourth-order valence-corrected chi connectivity index (χ4v) is 2.31. The average molecular weight is 372 g/mol. The van der Waals surface area contributed by atoms with Gasteiger partial charge in [-0.2, -0.15) is 5.10 Å². The first-order chi connectivity index (χ1) is 13.1. The fraction of sp³-hybridized carbons (Fsp3) is 0.176. The van der Waals surface area contributed by atoms with Crippen LogP contribution in [0.5, 0.6) is 17.2 Å². The predicted molar refractivity (Wildman–Crippen MR) is 96.4 cm³/mol. The number of nitrogens with one attached hydrogen (secondary N) is 2. The van der Waals surface area contributed by atoms with E-state index in [1.807, 2.05) is 0 Å². The van der Waals surface area contributed by atoms with Crippen molar-refractivity contribution in [2.75, 3.05) is 25.8 Å². The largest absolute Gasteiger partial charge is 0.497 e. The number of methoxy groups -OCH3 is 1. The van der Waals surface area contributed by atoms with Crippen LogP contribution in [0.15, 0.2) is 41.5 Å². The lowest BCUT2D eigenvalue weighted by Crippen LogP contribution is -2.25. The molecule has 0 atom stereocenters. The molecule has 0 aliphatic carbocycles. The topological polar surface area (TPSA) is 124 Å². The number of nitro groups is 1. The summed E-state index contributed by atoms with van der Waals surface area (Å²) in [4.78, 5) is 22.5. The molecule has 0 radical (unpaired) electrons. The fourth-order valence-electron chi connectivity index (χ4n) is 2.31. The monoisotopic (exact) mass is 372 g/mol. The number of benzene rings is 2. The Morgan fingerprint density at radius 3 is 2.67 bits per heavy atom. The number of carbonyl (C=O) groups excluding carboxylic acids is 1. The van der Waals surface area contributed by atoms with Gasteiger partial charge < -0.3 is 19.5 Å². The molecule has 1 aliphatic heterocycles. The molecule has 3 rings (SSSR count). The van der Waals surface area contributed by atoms with Gasteiger partial charge in [0.05, 0.1) is 36.4 Å². The Morgan fingerprint density at radius 2 is 2.00 bits per heavy atom. The van der Waals surface area contributed by atoms with E-state index < -0.39 is 10.8 Å². The number of rotatable bonds is 7. The molecule has 2 N–H and O–H groups in total. The second kappa shape index (κ2) is 8.04. The minimum atomic E-state index is -0.559. The van der Waals surface area contributed by atoms with Gasteiger partial charge in [-0.15, -0.1) is 0 Å². The Labute approximate surface area is 153 Å². The Balaban J connectivity index is 1.58. The number of hydrogen-bond acceptors (Lipinski definition) is 8. The van der Waals surface area contributed by atoms with Gasteiger partial charge in [0.25, 0.3) is 11.6 Å². The molecule has 0 saturated heterocycles. The maximum Gasteiger partial charge on any atom is 0.282 e. The van der Waals surface area contributed by atoms with Gasteiger partial charge in [-0.3, -0.25) is 14.9 Å². The highest BCUT2D eigenvalue weighted by Gasteiger charge is 2.22. The standard InChI is InChI=1S/C17H16N4O6/c1-25-13-4-2-12(3-5-13)18-9-17(22)20-19-8-11-6-15-16(27-10-26-15)7-14(11)21(23)24/h2-8,18H,9-10H2,1H3,(H,20,22)/b19-8-. The molecule has 0 unspecified atom stereocenters. The Morgan fingerprint density at radius 1 is 1.30 bits per heavy atom. The quantitative estimate of drug-likeness (QED) is 0.432. The summed E-state index contributed by atoms with van der Waals surface area (Å²) in [6.45, 7) is -0.0201. The number of nitrogens with zero attached hydrogens (tertiary/aromatic N) is 2. The summed E-state index contributed by atoms with van der Waals surface area (Å²) >= 11 is 0. The summed E-state index contributed by atoms with van der Waals surface area (Å²) in [5, 5.41) is 17.9. The van der Waals surface area contributed by atoms with E-state index >= 15 is 0 Å². The third-order valence-corrected chi connectivity index (χ3v) is 3.65. The van der Waals surface area contributed by atoms with Crippen LogP contribution in [-0.2, 0) is 4.79 Å². The van der Waals surface area contributed by atoms with E-state index in [9.17, 15) is 14.9 Å². The smallest absolute Gasteiger partial charge is 0.282 e. The van der Waals surface area contributed by atoms with Gasteiger partial charge in [0.15, 0.2) is 11.5 Å². The van der Waals surface area contributed by atoms with E-state index in [2.05, 4.69) is 15.8 Å². The van der Waals surface area contributed by atoms with E-state index in [-0.39, 0.29) is 24.6 Å². The first-order valence-corrected chi connectivity index (χ1v) is 7.84. The van der Waals surface area contributed by atoms with Crippen molar-refractivity contribution in [2.24, 2.45) is 5.10 Å². The lowest BCUT2D eigenvalue weighted by atomic mass is 10.1. The van der Waals surface area contributed by atoms with Crippen LogP contribution in [0.3, 0.4) is 0 Å². The van der Waals surface area contributed by atoms with Crippen molar-refractivity contribution >= 4 is 23.5 Å². The molecule has 0 spiro atoms. The molecule has 10 nitrogen and oxygen atoms in total. The first kappa shape index (κ1) is 18.0. The van der Waals surface area contributed by atoms with Crippen molar-refractivity contribution in [3.05, 3.63) is 52.1 Å². The van der Waals surface area contributed by atoms with E-state index in [1.165, 1.54) is 18.3 Å². The van der Waals surface area contributed by atoms with Gasteiger partial charge in [-0.25, -0.2) is 5.43 Å². The number of hydrogen-bond donors (Lipinski definition) is 2. The highest BCUT2D eigenvalue weighted by Crippen LogP contribution is 2.37. The number of anilines is 1. The second-order valence-electron chi connectivity index (χ2n) is 5.40. The van der Waals surface area contributed by atoms with Crippen molar-refractivity contribution in [3.63, 3.8) is 0 Å². The van der Waals surface area contributed by atoms with Crippen molar-refractivity contribution in [3.8, 4) is 17.2 Å². The predicted octanol–water partition coefficient (Wildman–Crippen LogP) is 1.89. The summed E-state index contributed by atoms with van der Waals surface area (Å²) in [7, 11) is 1.57. The SMILES string of the molecule is COc1ccc(NCC(=O)N/N=C\c2cc3c(cc2[N+](=O)[O-])OCO3)cc1. The molecule has 2 aromatic rings. The van der Waals surface area contributed by atoms with Crippen LogP contribution in [0.4, 0.5) is 11.4 Å². The Hall–Kier alpha value is -3.82. The number of nitro benzene ring substituents is 1. The van der Waals surface area contributed by atoms with Crippen LogP contribution < -0.4 is 25.0 Å². The van der Waals surface area contributed by atoms with Gasteiger partial charge in [-0.1, -0.05) is 0 Å². The molecule has 10 heteroatoms. The third kappa shape index (κ3) is 4.42. The zero-order valence-electron chi connectivity index (χ0n) is 14.3. The molecular weight excluding hydrogens is 356 g/mol. The number of hydrazone groups is 1. The van der Waals surface area contributed by atoms with E-state index in [0.29, 0.717) is 17.2 Å². The zero-order valence-corrected chi connectivity index (χ0v) is 14.3. The number of amides is 1. The minimum absolute atomic E-state index is 0.000843. The summed E-state index contributed by atoms with van der Waals surface area (Å²) in [6, 6.07) is 9.76. The van der Waals surface area contributed by atoms with Gasteiger partial charge in [0.1, 0.15) is 5.75 Å². The second-order valence-corrected chi connectivity index (χ2v) is 5.40. The summed E-state index contributed by atoms with van der Waals surface area (Å²) in [5.41, 5.74) is 3.03. The number of fused-ring (bicyclic) bond motifs is 1. The summed E-state index contributed by atoms with van der Waals surface area (Å²) in [6.07, 6.45) is 1.19. The Bertz CT molecular complexity index is 882. The van der Waals surface area contributed by atoms with Crippen LogP contribution in [0.1, 0.15) is 5.56 Å². The normalized spacial score (nSPS) is 12.0. The lowest BCUT2D eigenvalue weighted by Gasteiger charge is -2.06. The summed E-state index contributed by atoms with van der Waals surface area (Å²) in [5.74, 6) is 0.978. The van der Waals surface area contributed by atoms with Crippen LogP contribution in [0, 0.1) is 10.1 Å². The van der Waals surface area contributed by atoms with Gasteiger partial charge in [0, 0.05) is 5.69 Å². The molecular formula is C17H16N4O6. The highest BCUT2D eigenvalue weighted by molar-refractivity contribution is 5.88. The number of carbonyl (C=O) groups is 1. The molecule has 0 fully saturated rings. The average Bonchev–Trinajstić information content (AvgIpc) is 3.13. The summed E-state index contributed by atoms with van der Waals surface area (Å²) < 4.78 is 15.4. The van der Waals surface area contributed by atoms with Crippen LogP contribution in [0.2, 0.25) is 0 Å². The maximum absolute atomic E-state index is 11.8. The van der Waals surface area contributed by atoms with E-state index in [1.54, 1.807) is 31.4 Å². The molecule has 140 valence electrons. The van der Waals surface area contributed by atoms with Gasteiger partial charge in [0.2, 0.25) is 6.79 Å². The minimum Gasteiger partial charge on any atom is -0.497 e. The van der Waals surface area contributed by atoms with Crippen molar-refractivity contribution in [1.29, 1.82) is 0 Å². The molecule has 0 saturated carbocycles. The van der Waals surface area contributed by atoms with Gasteiger partial charge >= 0.3 is 0 Å². The molecule has 0 bridgehead atoms. The first-order valence-electron chi connectivity index (χ1n) is 7.84. The molecule has 27 heavy (non-hydrogen) atoms. The van der Waals surface area contributed by atoms with Crippen LogP contribution in [-0.4, -0.2) is 37.5 Å².